The minimum atomic E-state index is -4.44. The number of alkyl halides is 3. The van der Waals surface area contributed by atoms with Crippen LogP contribution in [0.25, 0.3) is 0 Å². The van der Waals surface area contributed by atoms with Gasteiger partial charge in [-0.1, -0.05) is 59.6 Å². The van der Waals surface area contributed by atoms with Crippen LogP contribution in [0.15, 0.2) is 64.9 Å². The summed E-state index contributed by atoms with van der Waals surface area (Å²) in [7, 11) is -3.93. The van der Waals surface area contributed by atoms with E-state index in [-0.39, 0.29) is 38.5 Å². The number of halogens is 5. The van der Waals surface area contributed by atoms with Gasteiger partial charge >= 0.3 is 6.18 Å². The Morgan fingerprint density at radius 1 is 0.923 bits per heavy atom. The Labute approximate surface area is 238 Å². The average Bonchev–Trinajstić information content (AvgIpc) is 3.53. The Balaban J connectivity index is 1.34. The largest absolute Gasteiger partial charge is 0.416 e. The van der Waals surface area contributed by atoms with Crippen molar-refractivity contribution in [2.75, 3.05) is 44.2 Å². The number of piperazine rings is 1. The van der Waals surface area contributed by atoms with Gasteiger partial charge in [-0.25, -0.2) is 8.42 Å². The molecule has 1 aromatic heterocycles. The molecule has 2 atom stereocenters. The standard InChI is InChI=1S/C26H24Cl2F3N3O3S2/c27-22-14-23(38-24(22)28)39(36,37)34-15-20(17-5-2-1-3-6-17)21(16-34)25(35)33-11-9-32(10-12-33)19-8-4-7-18(13-19)26(29,30)31/h1-8,13-14,20-21H,9-12,15-16H2. The maximum Gasteiger partial charge on any atom is 0.416 e. The lowest BCUT2D eigenvalue weighted by Gasteiger charge is -2.38. The fourth-order valence-electron chi connectivity index (χ4n) is 5.13. The molecule has 3 heterocycles. The zero-order chi connectivity index (χ0) is 27.9. The van der Waals surface area contributed by atoms with Gasteiger partial charge in [0.15, 0.2) is 0 Å². The van der Waals surface area contributed by atoms with Gasteiger partial charge < -0.3 is 9.80 Å². The highest BCUT2D eigenvalue weighted by Crippen LogP contribution is 2.41. The number of sulfonamides is 1. The Morgan fingerprint density at radius 3 is 2.23 bits per heavy atom. The molecule has 0 aliphatic carbocycles. The molecule has 2 aromatic carbocycles. The number of hydrogen-bond donors (Lipinski definition) is 0. The zero-order valence-corrected chi connectivity index (χ0v) is 23.6. The lowest BCUT2D eigenvalue weighted by atomic mass is 9.88. The van der Waals surface area contributed by atoms with Gasteiger partial charge in [0.1, 0.15) is 8.55 Å². The predicted octanol–water partition coefficient (Wildman–Crippen LogP) is 5.83. The van der Waals surface area contributed by atoms with Crippen LogP contribution in [0.5, 0.6) is 0 Å². The summed E-state index contributed by atoms with van der Waals surface area (Å²) < 4.78 is 67.9. The summed E-state index contributed by atoms with van der Waals surface area (Å²) in [5.41, 5.74) is 0.591. The Morgan fingerprint density at radius 2 is 1.62 bits per heavy atom. The molecule has 2 aliphatic heterocycles. The molecule has 0 N–H and O–H groups in total. The van der Waals surface area contributed by atoms with Crippen LogP contribution in [0, 0.1) is 5.92 Å². The first-order valence-electron chi connectivity index (χ1n) is 12.2. The maximum absolute atomic E-state index is 13.8. The number of rotatable bonds is 5. The molecule has 0 bridgehead atoms. The summed E-state index contributed by atoms with van der Waals surface area (Å²) >= 11 is 12.9. The highest BCUT2D eigenvalue weighted by molar-refractivity contribution is 7.91. The SMILES string of the molecule is O=C(C1CN(S(=O)(=O)c2cc(Cl)c(Cl)s2)CC1c1ccccc1)N1CCN(c2cccc(C(F)(F)F)c2)CC1. The van der Waals surface area contributed by atoms with Crippen molar-refractivity contribution in [3.8, 4) is 0 Å². The zero-order valence-electron chi connectivity index (χ0n) is 20.4. The second-order valence-electron chi connectivity index (χ2n) is 9.49. The number of nitrogens with zero attached hydrogens (tertiary/aromatic N) is 3. The van der Waals surface area contributed by atoms with Crippen LogP contribution >= 0.6 is 34.5 Å². The quantitative estimate of drug-likeness (QED) is 0.362. The summed E-state index contributed by atoms with van der Waals surface area (Å²) in [5.74, 6) is -1.15. The third-order valence-corrected chi connectivity index (χ3v) is 11.3. The van der Waals surface area contributed by atoms with E-state index in [2.05, 4.69) is 0 Å². The normalized spacial score (nSPS) is 20.9. The molecule has 2 aliphatic rings. The van der Waals surface area contributed by atoms with Gasteiger partial charge in [-0.05, 0) is 29.8 Å². The molecule has 2 fully saturated rings. The van der Waals surface area contributed by atoms with Crippen molar-refractivity contribution in [2.45, 2.75) is 16.3 Å². The number of amides is 1. The molecule has 6 nitrogen and oxygen atoms in total. The maximum atomic E-state index is 13.8. The minimum absolute atomic E-state index is 0.00169. The fourth-order valence-corrected chi connectivity index (χ4v) is 8.66. The van der Waals surface area contributed by atoms with Crippen LogP contribution in [-0.4, -0.2) is 62.8 Å². The van der Waals surface area contributed by atoms with Gasteiger partial charge in [0.2, 0.25) is 5.91 Å². The van der Waals surface area contributed by atoms with Crippen LogP contribution in [0.3, 0.4) is 0 Å². The summed E-state index contributed by atoms with van der Waals surface area (Å²) in [5, 5.41) is 0.158. The van der Waals surface area contributed by atoms with Gasteiger partial charge in [0.05, 0.1) is 16.5 Å². The highest BCUT2D eigenvalue weighted by Gasteiger charge is 2.45. The van der Waals surface area contributed by atoms with E-state index >= 15 is 0 Å². The second kappa shape index (κ2) is 10.9. The molecule has 13 heteroatoms. The van der Waals surface area contributed by atoms with E-state index < -0.39 is 27.7 Å². The van der Waals surface area contributed by atoms with E-state index in [1.807, 2.05) is 35.2 Å². The molecule has 3 aromatic rings. The van der Waals surface area contributed by atoms with Gasteiger partial charge in [0, 0.05) is 50.9 Å². The van der Waals surface area contributed by atoms with Crippen molar-refractivity contribution in [3.63, 3.8) is 0 Å². The third kappa shape index (κ3) is 5.78. The Hall–Kier alpha value is -2.31. The molecule has 39 heavy (non-hydrogen) atoms. The Bertz CT molecular complexity index is 1440. The summed E-state index contributed by atoms with van der Waals surface area (Å²) in [6.07, 6.45) is -4.44. The molecule has 0 spiro atoms. The lowest BCUT2D eigenvalue weighted by Crippen LogP contribution is -2.51. The number of hydrogen-bond acceptors (Lipinski definition) is 5. The van der Waals surface area contributed by atoms with Crippen LogP contribution in [-0.2, 0) is 21.0 Å². The summed E-state index contributed by atoms with van der Waals surface area (Å²) in [6, 6.07) is 15.8. The van der Waals surface area contributed by atoms with Crippen LogP contribution in [0.2, 0.25) is 9.36 Å². The minimum Gasteiger partial charge on any atom is -0.368 e. The lowest BCUT2D eigenvalue weighted by molar-refractivity contribution is -0.137. The van der Waals surface area contributed by atoms with E-state index in [1.165, 1.54) is 16.4 Å². The first-order chi connectivity index (χ1) is 18.4. The van der Waals surface area contributed by atoms with Gasteiger partial charge in [-0.3, -0.25) is 4.79 Å². The van der Waals surface area contributed by atoms with Crippen molar-refractivity contribution < 1.29 is 26.4 Å². The third-order valence-electron chi connectivity index (χ3n) is 7.18. The highest BCUT2D eigenvalue weighted by atomic mass is 35.5. The summed E-state index contributed by atoms with van der Waals surface area (Å²) in [6.45, 7) is 1.49. The van der Waals surface area contributed by atoms with E-state index in [4.69, 9.17) is 23.2 Å². The molecule has 1 amide bonds. The molecule has 2 unspecified atom stereocenters. The summed E-state index contributed by atoms with van der Waals surface area (Å²) in [4.78, 5) is 17.3. The number of anilines is 1. The number of carbonyl (C=O) groups is 1. The predicted molar refractivity (Wildman–Crippen MR) is 146 cm³/mol. The van der Waals surface area contributed by atoms with Crippen LogP contribution < -0.4 is 4.90 Å². The van der Waals surface area contributed by atoms with Crippen LogP contribution in [0.4, 0.5) is 18.9 Å². The van der Waals surface area contributed by atoms with E-state index in [9.17, 15) is 26.4 Å². The first kappa shape index (κ1) is 28.2. The van der Waals surface area contributed by atoms with E-state index in [0.29, 0.717) is 31.9 Å². The number of carbonyl (C=O) groups excluding carboxylic acids is 1. The Kier molecular flexibility index (Phi) is 7.91. The van der Waals surface area contributed by atoms with Crippen molar-refractivity contribution in [3.05, 3.63) is 81.1 Å². The van der Waals surface area contributed by atoms with Gasteiger partial charge in [-0.15, -0.1) is 11.3 Å². The first-order valence-corrected chi connectivity index (χ1v) is 15.2. The number of benzene rings is 2. The average molecular weight is 619 g/mol. The van der Waals surface area contributed by atoms with Gasteiger partial charge in [0.25, 0.3) is 10.0 Å². The molecular weight excluding hydrogens is 594 g/mol. The topological polar surface area (TPSA) is 60.9 Å². The van der Waals surface area contributed by atoms with Gasteiger partial charge in [-0.2, -0.15) is 17.5 Å². The van der Waals surface area contributed by atoms with Crippen molar-refractivity contribution in [1.82, 2.24) is 9.21 Å². The molecule has 0 saturated carbocycles. The molecule has 208 valence electrons. The van der Waals surface area contributed by atoms with Crippen LogP contribution in [0.1, 0.15) is 17.0 Å². The van der Waals surface area contributed by atoms with Crippen molar-refractivity contribution >= 4 is 56.2 Å². The molecule has 5 rings (SSSR count). The van der Waals surface area contributed by atoms with E-state index in [1.54, 1.807) is 11.0 Å². The van der Waals surface area contributed by atoms with Crippen molar-refractivity contribution in [1.29, 1.82) is 0 Å². The number of thiophene rings is 1. The monoisotopic (exact) mass is 617 g/mol. The second-order valence-corrected chi connectivity index (χ2v) is 13.7. The molecule has 2 saturated heterocycles. The molecular formula is C26H24Cl2F3N3O3S2. The van der Waals surface area contributed by atoms with E-state index in [0.717, 1.165) is 29.0 Å². The van der Waals surface area contributed by atoms with Crippen molar-refractivity contribution in [2.24, 2.45) is 5.92 Å². The molecule has 0 radical (unpaired) electrons. The fraction of sp³-hybridized carbons (Fsp3) is 0.346. The smallest absolute Gasteiger partial charge is 0.368 e.